The van der Waals surface area contributed by atoms with E-state index in [1.807, 2.05) is 6.07 Å². The van der Waals surface area contributed by atoms with Gasteiger partial charge in [-0.05, 0) is 59.0 Å². The van der Waals surface area contributed by atoms with Gasteiger partial charge in [-0.2, -0.15) is 0 Å². The second-order valence-corrected chi connectivity index (χ2v) is 8.18. The zero-order valence-corrected chi connectivity index (χ0v) is 16.8. The van der Waals surface area contributed by atoms with Crippen LogP contribution in [0.2, 0.25) is 0 Å². The average Bonchev–Trinajstić information content (AvgIpc) is 2.60. The van der Waals surface area contributed by atoms with Crippen molar-refractivity contribution in [3.63, 3.8) is 0 Å². The molecule has 2 aromatic carbocycles. The van der Waals surface area contributed by atoms with E-state index in [1.54, 1.807) is 25.1 Å². The first-order valence-electron chi connectivity index (χ1n) is 7.64. The molecule has 0 atom stereocenters. The van der Waals surface area contributed by atoms with E-state index < -0.39 is 28.5 Å². The van der Waals surface area contributed by atoms with E-state index >= 15 is 0 Å². The zero-order chi connectivity index (χ0) is 19.2. The molecule has 0 saturated carbocycles. The summed E-state index contributed by atoms with van der Waals surface area (Å²) < 4.78 is 32.2. The van der Waals surface area contributed by atoms with Crippen molar-refractivity contribution in [2.45, 2.75) is 11.8 Å². The van der Waals surface area contributed by atoms with Crippen LogP contribution in [0, 0.1) is 3.57 Å². The summed E-state index contributed by atoms with van der Waals surface area (Å²) in [7, 11) is -3.68. The molecule has 9 heteroatoms. The van der Waals surface area contributed by atoms with Crippen LogP contribution in [-0.2, 0) is 19.6 Å². The van der Waals surface area contributed by atoms with E-state index in [0.717, 1.165) is 3.57 Å². The maximum Gasteiger partial charge on any atom is 0.338 e. The summed E-state index contributed by atoms with van der Waals surface area (Å²) in [4.78, 5) is 23.9. The molecule has 7 nitrogen and oxygen atoms in total. The van der Waals surface area contributed by atoms with E-state index in [2.05, 4.69) is 32.6 Å². The molecule has 0 aromatic heterocycles. The molecule has 0 heterocycles. The first-order chi connectivity index (χ1) is 12.3. The van der Waals surface area contributed by atoms with E-state index in [4.69, 9.17) is 4.74 Å². The Kier molecular flexibility index (Phi) is 7.12. The summed E-state index contributed by atoms with van der Waals surface area (Å²) in [5.74, 6) is -1.27. The molecule has 0 bridgehead atoms. The number of benzene rings is 2. The monoisotopic (exact) mass is 488 g/mol. The van der Waals surface area contributed by atoms with Crippen molar-refractivity contribution in [2.75, 3.05) is 18.5 Å². The number of nitrogens with one attached hydrogen (secondary N) is 2. The molecule has 2 aromatic rings. The highest BCUT2D eigenvalue weighted by Crippen LogP contribution is 2.14. The molecule has 0 unspecified atom stereocenters. The van der Waals surface area contributed by atoms with Crippen LogP contribution >= 0.6 is 22.6 Å². The fraction of sp³-hybridized carbons (Fsp3) is 0.176. The number of ether oxygens (including phenoxy) is 1. The summed E-state index contributed by atoms with van der Waals surface area (Å²) in [6.45, 7) is 1.41. The fourth-order valence-corrected chi connectivity index (χ4v) is 3.67. The van der Waals surface area contributed by atoms with Gasteiger partial charge in [0, 0.05) is 15.8 Å². The van der Waals surface area contributed by atoms with Gasteiger partial charge in [0.25, 0.3) is 5.91 Å². The lowest BCUT2D eigenvalue weighted by atomic mass is 10.2. The summed E-state index contributed by atoms with van der Waals surface area (Å²) in [6, 6.07) is 12.6. The van der Waals surface area contributed by atoms with Gasteiger partial charge in [-0.3, -0.25) is 4.79 Å². The van der Waals surface area contributed by atoms with Gasteiger partial charge in [-0.15, -0.1) is 0 Å². The second-order valence-electron chi connectivity index (χ2n) is 5.16. The molecule has 2 N–H and O–H groups in total. The summed E-state index contributed by atoms with van der Waals surface area (Å²) >= 11 is 2.12. The number of carbonyl (C=O) groups excluding carboxylic acids is 2. The second kappa shape index (κ2) is 9.10. The first-order valence-corrected chi connectivity index (χ1v) is 10.2. The number of rotatable bonds is 7. The number of esters is 1. The minimum Gasteiger partial charge on any atom is -0.452 e. The normalized spacial score (nSPS) is 11.0. The molecule has 138 valence electrons. The molecule has 0 aliphatic rings. The van der Waals surface area contributed by atoms with Crippen molar-refractivity contribution in [2.24, 2.45) is 0 Å². The third-order valence-electron chi connectivity index (χ3n) is 3.16. The van der Waals surface area contributed by atoms with E-state index in [9.17, 15) is 18.0 Å². The van der Waals surface area contributed by atoms with Gasteiger partial charge in [-0.1, -0.05) is 19.1 Å². The van der Waals surface area contributed by atoms with E-state index in [1.165, 1.54) is 24.3 Å². The molecule has 0 fully saturated rings. The molecule has 0 aliphatic carbocycles. The van der Waals surface area contributed by atoms with Crippen LogP contribution in [0.1, 0.15) is 17.3 Å². The van der Waals surface area contributed by atoms with Crippen molar-refractivity contribution in [3.05, 3.63) is 57.7 Å². The van der Waals surface area contributed by atoms with Crippen LogP contribution in [0.15, 0.2) is 53.4 Å². The van der Waals surface area contributed by atoms with Crippen LogP contribution in [-0.4, -0.2) is 33.4 Å². The van der Waals surface area contributed by atoms with Crippen LogP contribution in [0.3, 0.4) is 0 Å². The minimum atomic E-state index is -3.68. The Morgan fingerprint density at radius 2 is 1.85 bits per heavy atom. The molecule has 1 amide bonds. The minimum absolute atomic E-state index is 0.0443. The first kappa shape index (κ1) is 20.3. The lowest BCUT2D eigenvalue weighted by Gasteiger charge is -2.08. The van der Waals surface area contributed by atoms with Crippen molar-refractivity contribution in [3.8, 4) is 0 Å². The highest BCUT2D eigenvalue weighted by atomic mass is 127. The van der Waals surface area contributed by atoms with Gasteiger partial charge in [0.15, 0.2) is 6.61 Å². The van der Waals surface area contributed by atoms with Gasteiger partial charge in [0.2, 0.25) is 10.0 Å². The highest BCUT2D eigenvalue weighted by molar-refractivity contribution is 14.1. The molecular formula is C17H17IN2O5S. The molecule has 0 aliphatic heterocycles. The lowest BCUT2D eigenvalue weighted by Crippen LogP contribution is -2.24. The van der Waals surface area contributed by atoms with Crippen LogP contribution in [0.4, 0.5) is 5.69 Å². The van der Waals surface area contributed by atoms with Crippen LogP contribution < -0.4 is 10.0 Å². The Balaban J connectivity index is 1.98. The third kappa shape index (κ3) is 5.78. The van der Waals surface area contributed by atoms with Gasteiger partial charge in [-0.25, -0.2) is 17.9 Å². The quantitative estimate of drug-likeness (QED) is 0.461. The van der Waals surface area contributed by atoms with Crippen molar-refractivity contribution in [1.29, 1.82) is 0 Å². The number of carbonyl (C=O) groups is 2. The molecule has 0 saturated heterocycles. The molecule has 26 heavy (non-hydrogen) atoms. The Labute approximate surface area is 165 Å². The predicted octanol–water partition coefficient (Wildman–Crippen LogP) is 2.38. The maximum absolute atomic E-state index is 12.1. The average molecular weight is 488 g/mol. The molecule has 0 spiro atoms. The Hall–Kier alpha value is -1.98. The number of amides is 1. The summed E-state index contributed by atoms with van der Waals surface area (Å²) in [5.41, 5.74) is 0.641. The number of anilines is 1. The lowest BCUT2D eigenvalue weighted by molar-refractivity contribution is -0.119. The third-order valence-corrected chi connectivity index (χ3v) is 5.37. The van der Waals surface area contributed by atoms with E-state index in [0.29, 0.717) is 5.69 Å². The van der Waals surface area contributed by atoms with Gasteiger partial charge in [0.05, 0.1) is 10.5 Å². The molecular weight excluding hydrogens is 471 g/mol. The van der Waals surface area contributed by atoms with Crippen molar-refractivity contribution >= 4 is 50.2 Å². The van der Waals surface area contributed by atoms with Crippen LogP contribution in [0.5, 0.6) is 0 Å². The zero-order valence-electron chi connectivity index (χ0n) is 13.9. The topological polar surface area (TPSA) is 102 Å². The standard InChI is InChI=1S/C17H17IN2O5S/c1-2-19-26(23,24)15-8-3-5-12(9-15)17(22)25-11-16(21)20-14-7-4-6-13(18)10-14/h3-10,19H,2,11H2,1H3,(H,20,21). The Bertz CT molecular complexity index is 915. The number of hydrogen-bond donors (Lipinski definition) is 2. The predicted molar refractivity (Wildman–Crippen MR) is 105 cm³/mol. The summed E-state index contributed by atoms with van der Waals surface area (Å²) in [5, 5.41) is 2.62. The summed E-state index contributed by atoms with van der Waals surface area (Å²) in [6.07, 6.45) is 0. The van der Waals surface area contributed by atoms with Crippen molar-refractivity contribution < 1.29 is 22.7 Å². The molecule has 0 radical (unpaired) electrons. The number of sulfonamides is 1. The van der Waals surface area contributed by atoms with Crippen LogP contribution in [0.25, 0.3) is 0 Å². The Morgan fingerprint density at radius 1 is 1.12 bits per heavy atom. The number of halogens is 1. The largest absolute Gasteiger partial charge is 0.452 e. The van der Waals surface area contributed by atoms with E-state index in [-0.39, 0.29) is 17.0 Å². The van der Waals surface area contributed by atoms with Crippen molar-refractivity contribution in [1.82, 2.24) is 4.72 Å². The maximum atomic E-state index is 12.1. The van der Waals surface area contributed by atoms with Gasteiger partial charge < -0.3 is 10.1 Å². The van der Waals surface area contributed by atoms with Gasteiger partial charge >= 0.3 is 5.97 Å². The highest BCUT2D eigenvalue weighted by Gasteiger charge is 2.16. The van der Waals surface area contributed by atoms with Gasteiger partial charge in [0.1, 0.15) is 0 Å². The number of hydrogen-bond acceptors (Lipinski definition) is 5. The smallest absolute Gasteiger partial charge is 0.338 e. The fourth-order valence-electron chi connectivity index (χ4n) is 2.04. The Morgan fingerprint density at radius 3 is 2.54 bits per heavy atom. The SMILES string of the molecule is CCNS(=O)(=O)c1cccc(C(=O)OCC(=O)Nc2cccc(I)c2)c1. The molecule has 2 rings (SSSR count).